The number of aryl methyl sites for hydroxylation is 2. The highest BCUT2D eigenvalue weighted by Gasteiger charge is 2.19. The van der Waals surface area contributed by atoms with Crippen LogP contribution in [0.2, 0.25) is 0 Å². The highest BCUT2D eigenvalue weighted by Crippen LogP contribution is 2.23. The first-order chi connectivity index (χ1) is 14.8. The molecular weight excluding hydrogens is 394 g/mol. The summed E-state index contributed by atoms with van der Waals surface area (Å²) in [5.41, 5.74) is 5.15. The van der Waals surface area contributed by atoms with Gasteiger partial charge in [-0.1, -0.05) is 18.2 Å². The molecule has 0 saturated carbocycles. The Balaban J connectivity index is 1.65. The van der Waals surface area contributed by atoms with Gasteiger partial charge in [-0.2, -0.15) is 0 Å². The van der Waals surface area contributed by atoms with Gasteiger partial charge in [0.2, 0.25) is 0 Å². The Kier molecular flexibility index (Phi) is 6.55. The SMILES string of the molecule is CNC(=O)c1ccc(NC(=O)COC(=O)c2cc(C)n(-c3ccccc3C)c2C)cc1. The summed E-state index contributed by atoms with van der Waals surface area (Å²) in [6.45, 7) is 5.37. The molecular formula is C24H25N3O4. The van der Waals surface area contributed by atoms with Crippen LogP contribution in [0, 0.1) is 20.8 Å². The number of amides is 2. The maximum Gasteiger partial charge on any atom is 0.340 e. The predicted octanol–water partition coefficient (Wildman–Crippen LogP) is 3.56. The number of carbonyl (C=O) groups excluding carboxylic acids is 3. The summed E-state index contributed by atoms with van der Waals surface area (Å²) in [5, 5.41) is 5.17. The molecule has 2 aromatic carbocycles. The van der Waals surface area contributed by atoms with Crippen molar-refractivity contribution in [3.63, 3.8) is 0 Å². The minimum Gasteiger partial charge on any atom is -0.452 e. The van der Waals surface area contributed by atoms with E-state index in [1.165, 1.54) is 0 Å². The monoisotopic (exact) mass is 419 g/mol. The van der Waals surface area contributed by atoms with Crippen molar-refractivity contribution in [1.29, 1.82) is 0 Å². The molecule has 7 nitrogen and oxygen atoms in total. The minimum absolute atomic E-state index is 0.213. The van der Waals surface area contributed by atoms with Crippen LogP contribution in [0.4, 0.5) is 5.69 Å². The van der Waals surface area contributed by atoms with E-state index < -0.39 is 18.5 Å². The molecule has 1 aromatic heterocycles. The number of hydrogen-bond acceptors (Lipinski definition) is 4. The number of rotatable bonds is 6. The minimum atomic E-state index is -0.557. The van der Waals surface area contributed by atoms with Crippen molar-refractivity contribution in [2.75, 3.05) is 19.0 Å². The van der Waals surface area contributed by atoms with Gasteiger partial charge in [-0.05, 0) is 62.7 Å². The van der Waals surface area contributed by atoms with E-state index in [1.807, 2.05) is 49.6 Å². The molecule has 160 valence electrons. The van der Waals surface area contributed by atoms with Crippen LogP contribution in [0.15, 0.2) is 54.6 Å². The average molecular weight is 419 g/mol. The van der Waals surface area contributed by atoms with Crippen molar-refractivity contribution in [3.05, 3.63) is 82.7 Å². The third-order valence-corrected chi connectivity index (χ3v) is 5.00. The van der Waals surface area contributed by atoms with Crippen LogP contribution < -0.4 is 10.6 Å². The summed E-state index contributed by atoms with van der Waals surface area (Å²) in [5.74, 6) is -1.23. The van der Waals surface area contributed by atoms with Gasteiger partial charge in [-0.25, -0.2) is 4.79 Å². The summed E-state index contributed by atoms with van der Waals surface area (Å²) < 4.78 is 7.23. The highest BCUT2D eigenvalue weighted by atomic mass is 16.5. The zero-order chi connectivity index (χ0) is 22.5. The molecule has 3 aromatic rings. The first kappa shape index (κ1) is 21.8. The van der Waals surface area contributed by atoms with E-state index in [4.69, 9.17) is 4.74 Å². The lowest BCUT2D eigenvalue weighted by Crippen LogP contribution is -2.21. The summed E-state index contributed by atoms with van der Waals surface area (Å²) in [4.78, 5) is 36.3. The molecule has 3 rings (SSSR count). The number of nitrogens with one attached hydrogen (secondary N) is 2. The van der Waals surface area contributed by atoms with Crippen molar-refractivity contribution in [1.82, 2.24) is 9.88 Å². The Morgan fingerprint density at radius 2 is 1.65 bits per heavy atom. The Morgan fingerprint density at radius 3 is 2.29 bits per heavy atom. The number of anilines is 1. The molecule has 0 unspecified atom stereocenters. The van der Waals surface area contributed by atoms with Crippen molar-refractivity contribution >= 4 is 23.5 Å². The molecule has 0 fully saturated rings. The number of aromatic nitrogens is 1. The summed E-state index contributed by atoms with van der Waals surface area (Å²) in [6.07, 6.45) is 0. The number of benzene rings is 2. The topological polar surface area (TPSA) is 89.4 Å². The van der Waals surface area contributed by atoms with Crippen molar-refractivity contribution in [2.24, 2.45) is 0 Å². The van der Waals surface area contributed by atoms with Gasteiger partial charge in [-0.3, -0.25) is 9.59 Å². The number of carbonyl (C=O) groups is 3. The Labute approximate surface area is 181 Å². The Morgan fingerprint density at radius 1 is 0.968 bits per heavy atom. The summed E-state index contributed by atoms with van der Waals surface area (Å²) in [7, 11) is 1.55. The van der Waals surface area contributed by atoms with Gasteiger partial charge in [0.1, 0.15) is 0 Å². The number of ether oxygens (including phenoxy) is 1. The van der Waals surface area contributed by atoms with E-state index in [0.29, 0.717) is 16.8 Å². The lowest BCUT2D eigenvalue weighted by molar-refractivity contribution is -0.119. The molecule has 0 bridgehead atoms. The van der Waals surface area contributed by atoms with Crippen LogP contribution in [-0.4, -0.2) is 36.0 Å². The molecule has 2 amide bonds. The van der Waals surface area contributed by atoms with E-state index >= 15 is 0 Å². The molecule has 31 heavy (non-hydrogen) atoms. The fraction of sp³-hybridized carbons (Fsp3) is 0.208. The van der Waals surface area contributed by atoms with Crippen LogP contribution in [0.1, 0.15) is 37.7 Å². The van der Waals surface area contributed by atoms with Crippen molar-refractivity contribution < 1.29 is 19.1 Å². The van der Waals surface area contributed by atoms with E-state index in [0.717, 1.165) is 22.6 Å². The smallest absolute Gasteiger partial charge is 0.340 e. The van der Waals surface area contributed by atoms with Crippen molar-refractivity contribution in [3.8, 4) is 5.69 Å². The van der Waals surface area contributed by atoms with E-state index in [1.54, 1.807) is 37.4 Å². The fourth-order valence-electron chi connectivity index (χ4n) is 3.41. The molecule has 1 heterocycles. The maximum absolute atomic E-state index is 12.6. The second-order valence-corrected chi connectivity index (χ2v) is 7.19. The van der Waals surface area contributed by atoms with Crippen molar-refractivity contribution in [2.45, 2.75) is 20.8 Å². The van der Waals surface area contributed by atoms with Gasteiger partial charge in [-0.15, -0.1) is 0 Å². The first-order valence-electron chi connectivity index (χ1n) is 9.86. The molecule has 2 N–H and O–H groups in total. The third-order valence-electron chi connectivity index (χ3n) is 5.00. The second-order valence-electron chi connectivity index (χ2n) is 7.19. The number of hydrogen-bond donors (Lipinski definition) is 2. The number of esters is 1. The number of para-hydroxylation sites is 1. The van der Waals surface area contributed by atoms with Gasteiger partial charge in [0.15, 0.2) is 6.61 Å². The van der Waals surface area contributed by atoms with Gasteiger partial charge < -0.3 is 19.9 Å². The zero-order valence-corrected chi connectivity index (χ0v) is 18.0. The maximum atomic E-state index is 12.6. The molecule has 0 aliphatic heterocycles. The highest BCUT2D eigenvalue weighted by molar-refractivity contribution is 5.97. The molecule has 0 radical (unpaired) electrons. The van der Waals surface area contributed by atoms with Crippen LogP contribution >= 0.6 is 0 Å². The molecule has 0 aliphatic rings. The molecule has 0 saturated heterocycles. The summed E-state index contributed by atoms with van der Waals surface area (Å²) in [6, 6.07) is 16.1. The third kappa shape index (κ3) is 4.83. The van der Waals surface area contributed by atoms with Gasteiger partial charge >= 0.3 is 5.97 Å². The number of nitrogens with zero attached hydrogens (tertiary/aromatic N) is 1. The van der Waals surface area contributed by atoms with E-state index in [-0.39, 0.29) is 5.91 Å². The molecule has 7 heteroatoms. The van der Waals surface area contributed by atoms with Crippen LogP contribution in [-0.2, 0) is 9.53 Å². The molecule has 0 atom stereocenters. The first-order valence-corrected chi connectivity index (χ1v) is 9.86. The van der Waals surface area contributed by atoms with Gasteiger partial charge in [0.25, 0.3) is 11.8 Å². The normalized spacial score (nSPS) is 10.5. The average Bonchev–Trinajstić information content (AvgIpc) is 3.06. The fourth-order valence-corrected chi connectivity index (χ4v) is 3.41. The lowest BCUT2D eigenvalue weighted by atomic mass is 10.2. The van der Waals surface area contributed by atoms with Crippen LogP contribution in [0.5, 0.6) is 0 Å². The largest absolute Gasteiger partial charge is 0.452 e. The van der Waals surface area contributed by atoms with Crippen LogP contribution in [0.3, 0.4) is 0 Å². The van der Waals surface area contributed by atoms with Gasteiger partial charge in [0, 0.05) is 35.4 Å². The second kappa shape index (κ2) is 9.30. The lowest BCUT2D eigenvalue weighted by Gasteiger charge is -2.12. The predicted molar refractivity (Wildman–Crippen MR) is 119 cm³/mol. The standard InChI is InChI=1S/C24H25N3O4/c1-15-7-5-6-8-21(15)27-16(2)13-20(17(27)3)24(30)31-14-22(28)26-19-11-9-18(10-12-19)23(29)25-4/h5-13H,14H2,1-4H3,(H,25,29)(H,26,28). The van der Waals surface area contributed by atoms with Gasteiger partial charge in [0.05, 0.1) is 5.56 Å². The quantitative estimate of drug-likeness (QED) is 0.598. The van der Waals surface area contributed by atoms with Crippen LogP contribution in [0.25, 0.3) is 5.69 Å². The molecule has 0 spiro atoms. The zero-order valence-electron chi connectivity index (χ0n) is 18.0. The van der Waals surface area contributed by atoms with E-state index in [9.17, 15) is 14.4 Å². The molecule has 0 aliphatic carbocycles. The summed E-state index contributed by atoms with van der Waals surface area (Å²) >= 11 is 0. The Hall–Kier alpha value is -3.87. The van der Waals surface area contributed by atoms with E-state index in [2.05, 4.69) is 10.6 Å². The Bertz CT molecular complexity index is 1130.